The summed E-state index contributed by atoms with van der Waals surface area (Å²) in [6.07, 6.45) is 2.01. The normalized spacial score (nSPS) is 16.3. The average molecular weight is 198 g/mol. The number of nitrogens with zero attached hydrogens (tertiary/aromatic N) is 2. The summed E-state index contributed by atoms with van der Waals surface area (Å²) in [6, 6.07) is 8.58. The number of aryl methyl sites for hydroxylation is 1. The molecule has 0 unspecified atom stereocenters. The summed E-state index contributed by atoms with van der Waals surface area (Å²) in [5.74, 6) is 2.36. The fraction of sp³-hybridized carbons (Fsp3) is 0.417. The molecule has 0 radical (unpaired) electrons. The molecule has 3 heteroatoms. The molecule has 0 spiro atoms. The molecule has 2 nitrogen and oxygen atoms in total. The molecule has 1 aliphatic heterocycles. The Kier molecular flexibility index (Phi) is 2.96. The molecular weight excluding hydrogens is 183 g/mol. The molecule has 1 aromatic rings. The van der Waals surface area contributed by atoms with Gasteiger partial charge in [-0.25, -0.2) is 5.26 Å². The van der Waals surface area contributed by atoms with Gasteiger partial charge in [-0.1, -0.05) is 12.1 Å². The molecule has 1 fully saturated rings. The summed E-state index contributed by atoms with van der Waals surface area (Å²) in [5, 5.41) is 8.82. The Morgan fingerprint density at radius 1 is 1.33 bits per heavy atom. The number of hydrogen-bond acceptors (Lipinski definition) is 2. The van der Waals surface area contributed by atoms with Crippen molar-refractivity contribution in [3.63, 3.8) is 0 Å². The summed E-state index contributed by atoms with van der Waals surface area (Å²) >= 11 is 0. The van der Waals surface area contributed by atoms with Crippen molar-refractivity contribution < 1.29 is 0 Å². The number of benzene rings is 1. The van der Waals surface area contributed by atoms with Crippen molar-refractivity contribution in [3.05, 3.63) is 29.8 Å². The predicted molar refractivity (Wildman–Crippen MR) is 64.4 cm³/mol. The Hall–Kier alpha value is -1.43. The molecule has 0 saturated carbocycles. The lowest BCUT2D eigenvalue weighted by Crippen LogP contribution is -2.36. The van der Waals surface area contributed by atoms with Crippen LogP contribution in [0.15, 0.2) is 24.3 Å². The summed E-state index contributed by atoms with van der Waals surface area (Å²) in [5.41, 5.74) is 2.60. The van der Waals surface area contributed by atoms with E-state index in [2.05, 4.69) is 42.1 Å². The molecule has 1 saturated heterocycles. The van der Waals surface area contributed by atoms with Crippen LogP contribution in [0.3, 0.4) is 0 Å². The molecule has 0 bridgehead atoms. The van der Waals surface area contributed by atoms with Crippen LogP contribution in [0, 0.1) is 18.2 Å². The first-order valence-corrected chi connectivity index (χ1v) is 5.51. The van der Waals surface area contributed by atoms with Gasteiger partial charge in [0.05, 0.1) is 0 Å². The topological polar surface area (TPSA) is 27.0 Å². The molecule has 0 aromatic heterocycles. The SMILES string of the molecule is Cc1cccc(N2CCB(C#N)CC2)c1. The molecule has 1 aromatic carbocycles. The Balaban J connectivity index is 2.05. The van der Waals surface area contributed by atoms with Crippen molar-refractivity contribution in [2.75, 3.05) is 18.0 Å². The van der Waals surface area contributed by atoms with Crippen LogP contribution in [0.25, 0.3) is 0 Å². The van der Waals surface area contributed by atoms with Gasteiger partial charge in [0.15, 0.2) is 0 Å². The quantitative estimate of drug-likeness (QED) is 0.647. The molecule has 0 amide bonds. The van der Waals surface area contributed by atoms with Crippen LogP contribution in [0.4, 0.5) is 5.69 Å². The molecular formula is C12H15BN2. The third kappa shape index (κ3) is 2.33. The van der Waals surface area contributed by atoms with Gasteiger partial charge in [0, 0.05) is 24.7 Å². The van der Waals surface area contributed by atoms with Crippen molar-refractivity contribution in [1.82, 2.24) is 0 Å². The van der Waals surface area contributed by atoms with E-state index < -0.39 is 0 Å². The second kappa shape index (κ2) is 4.40. The van der Waals surface area contributed by atoms with Gasteiger partial charge in [-0.05, 0) is 37.3 Å². The minimum Gasteiger partial charge on any atom is -0.373 e. The maximum Gasteiger partial charge on any atom is 0.271 e. The smallest absolute Gasteiger partial charge is 0.271 e. The van der Waals surface area contributed by atoms with Crippen molar-refractivity contribution in [3.8, 4) is 5.97 Å². The second-order valence-electron chi connectivity index (χ2n) is 4.23. The fourth-order valence-corrected chi connectivity index (χ4v) is 2.09. The van der Waals surface area contributed by atoms with E-state index in [1.165, 1.54) is 11.3 Å². The van der Waals surface area contributed by atoms with E-state index in [4.69, 9.17) is 5.26 Å². The first kappa shape index (κ1) is 10.1. The van der Waals surface area contributed by atoms with E-state index in [1.54, 1.807) is 0 Å². The molecule has 1 heterocycles. The molecule has 1 aliphatic rings. The van der Waals surface area contributed by atoms with E-state index in [0.717, 1.165) is 25.7 Å². The van der Waals surface area contributed by atoms with Crippen molar-refractivity contribution >= 4 is 12.4 Å². The maximum absolute atomic E-state index is 8.82. The standard InChI is InChI=1S/C12H15BN2/c1-11-3-2-4-12(9-11)15-7-5-13(10-14)6-8-15/h2-4,9H,5-8H2,1H3. The lowest BCUT2D eigenvalue weighted by Gasteiger charge is -2.30. The highest BCUT2D eigenvalue weighted by atomic mass is 15.1. The first-order valence-electron chi connectivity index (χ1n) is 5.51. The largest absolute Gasteiger partial charge is 0.373 e. The second-order valence-corrected chi connectivity index (χ2v) is 4.23. The van der Waals surface area contributed by atoms with E-state index in [1.807, 2.05) is 0 Å². The van der Waals surface area contributed by atoms with Crippen molar-refractivity contribution in [2.24, 2.45) is 0 Å². The molecule has 15 heavy (non-hydrogen) atoms. The van der Waals surface area contributed by atoms with Crippen LogP contribution in [0.2, 0.25) is 12.6 Å². The zero-order valence-electron chi connectivity index (χ0n) is 9.11. The minimum atomic E-state index is 0.269. The highest BCUT2D eigenvalue weighted by Gasteiger charge is 2.22. The van der Waals surface area contributed by atoms with Crippen molar-refractivity contribution in [1.29, 1.82) is 5.26 Å². The zero-order valence-corrected chi connectivity index (χ0v) is 9.11. The lowest BCUT2D eigenvalue weighted by atomic mass is 9.45. The summed E-state index contributed by atoms with van der Waals surface area (Å²) < 4.78 is 0. The van der Waals surface area contributed by atoms with Gasteiger partial charge in [-0.15, -0.1) is 0 Å². The monoisotopic (exact) mass is 198 g/mol. The summed E-state index contributed by atoms with van der Waals surface area (Å²) in [6.45, 7) is 4.42. The third-order valence-electron chi connectivity index (χ3n) is 3.04. The highest BCUT2D eigenvalue weighted by molar-refractivity contribution is 6.67. The van der Waals surface area contributed by atoms with E-state index in [9.17, 15) is 0 Å². The number of hydrogen-bond donors (Lipinski definition) is 0. The van der Waals surface area contributed by atoms with Gasteiger partial charge in [0.25, 0.3) is 6.71 Å². The Morgan fingerprint density at radius 3 is 2.67 bits per heavy atom. The maximum atomic E-state index is 8.82. The van der Waals surface area contributed by atoms with E-state index in [0.29, 0.717) is 0 Å². The number of anilines is 1. The summed E-state index contributed by atoms with van der Waals surface area (Å²) in [4.78, 5) is 2.38. The van der Waals surface area contributed by atoms with Crippen LogP contribution >= 0.6 is 0 Å². The Morgan fingerprint density at radius 2 is 2.07 bits per heavy atom. The van der Waals surface area contributed by atoms with E-state index >= 15 is 0 Å². The molecule has 76 valence electrons. The van der Waals surface area contributed by atoms with Gasteiger partial charge in [0.1, 0.15) is 0 Å². The highest BCUT2D eigenvalue weighted by Crippen LogP contribution is 2.20. The number of rotatable bonds is 1. The van der Waals surface area contributed by atoms with Gasteiger partial charge in [-0.3, -0.25) is 0 Å². The molecule has 2 rings (SSSR count). The van der Waals surface area contributed by atoms with E-state index in [-0.39, 0.29) is 6.71 Å². The average Bonchev–Trinajstić information content (AvgIpc) is 2.29. The molecule has 0 atom stereocenters. The third-order valence-corrected chi connectivity index (χ3v) is 3.04. The Labute approximate surface area is 91.6 Å². The predicted octanol–water partition coefficient (Wildman–Crippen LogP) is 2.37. The van der Waals surface area contributed by atoms with Crippen LogP contribution in [-0.4, -0.2) is 19.8 Å². The van der Waals surface area contributed by atoms with Gasteiger partial charge in [-0.2, -0.15) is 0 Å². The number of nitriles is 1. The minimum absolute atomic E-state index is 0.269. The van der Waals surface area contributed by atoms with Crippen LogP contribution in [0.1, 0.15) is 5.56 Å². The molecule has 0 N–H and O–H groups in total. The van der Waals surface area contributed by atoms with Crippen LogP contribution < -0.4 is 4.90 Å². The fourth-order valence-electron chi connectivity index (χ4n) is 2.09. The van der Waals surface area contributed by atoms with Crippen LogP contribution in [-0.2, 0) is 0 Å². The van der Waals surface area contributed by atoms with Gasteiger partial charge in [0.2, 0.25) is 0 Å². The van der Waals surface area contributed by atoms with Crippen LogP contribution in [0.5, 0.6) is 0 Å². The molecule has 0 aliphatic carbocycles. The lowest BCUT2D eigenvalue weighted by molar-refractivity contribution is 0.821. The zero-order chi connectivity index (χ0) is 10.7. The Bertz CT molecular complexity index is 375. The summed E-state index contributed by atoms with van der Waals surface area (Å²) in [7, 11) is 0. The first-order chi connectivity index (χ1) is 7.29. The van der Waals surface area contributed by atoms with Crippen molar-refractivity contribution in [2.45, 2.75) is 19.6 Å². The van der Waals surface area contributed by atoms with Gasteiger partial charge < -0.3 is 4.90 Å². The van der Waals surface area contributed by atoms with Gasteiger partial charge >= 0.3 is 0 Å².